The minimum absolute atomic E-state index is 0.0230. The van der Waals surface area contributed by atoms with Gasteiger partial charge in [0.2, 0.25) is 21.8 Å². The first-order chi connectivity index (χ1) is 18.3. The van der Waals surface area contributed by atoms with Gasteiger partial charge in [-0.3, -0.25) is 4.79 Å². The van der Waals surface area contributed by atoms with Crippen molar-refractivity contribution in [2.24, 2.45) is 0 Å². The smallest absolute Gasteiger partial charge is 0.251 e. The molecule has 0 saturated heterocycles. The number of nitrogens with zero attached hydrogens (tertiary/aromatic N) is 2. The number of aryl methyl sites for hydroxylation is 1. The van der Waals surface area contributed by atoms with Crippen molar-refractivity contribution in [2.45, 2.75) is 25.0 Å². The molecule has 1 aliphatic carbocycles. The Balaban J connectivity index is 1.64. The van der Waals surface area contributed by atoms with E-state index >= 15 is 0 Å². The topological polar surface area (TPSA) is 127 Å². The van der Waals surface area contributed by atoms with Crippen LogP contribution in [-0.4, -0.2) is 35.8 Å². The molecule has 0 spiro atoms. The number of hydrogen-bond donors (Lipinski definition) is 2. The molecule has 0 fully saturated rings. The molecule has 38 heavy (non-hydrogen) atoms. The minimum Gasteiger partial charge on any atom is -0.445 e. The second-order valence-electron chi connectivity index (χ2n) is 9.02. The molecule has 2 aromatic carbocycles. The van der Waals surface area contributed by atoms with E-state index in [1.54, 1.807) is 56.3 Å². The number of carbonyl (C=O) groups excluding carboxylic acids is 1. The summed E-state index contributed by atoms with van der Waals surface area (Å²) in [7, 11) is -4.28. The van der Waals surface area contributed by atoms with Crippen LogP contribution in [-0.2, 0) is 10.0 Å². The number of amides is 1. The molecule has 1 unspecified atom stereocenters. The Labute approximate surface area is 220 Å². The minimum atomic E-state index is -4.28. The van der Waals surface area contributed by atoms with Crippen LogP contribution in [0.25, 0.3) is 11.1 Å². The van der Waals surface area contributed by atoms with E-state index in [2.05, 4.69) is 20.2 Å². The molecular formula is C28H26N4O5S. The second kappa shape index (κ2) is 10.1. The number of sulfonamides is 1. The van der Waals surface area contributed by atoms with Gasteiger partial charge < -0.3 is 14.3 Å². The first-order valence-corrected chi connectivity index (χ1v) is 13.4. The van der Waals surface area contributed by atoms with Crippen molar-refractivity contribution in [3.8, 4) is 0 Å². The summed E-state index contributed by atoms with van der Waals surface area (Å²) in [4.78, 5) is 17.3. The lowest BCUT2D eigenvalue weighted by Gasteiger charge is -2.38. The van der Waals surface area contributed by atoms with E-state index in [0.717, 1.165) is 0 Å². The maximum atomic E-state index is 14.4. The lowest BCUT2D eigenvalue weighted by atomic mass is 9.82. The van der Waals surface area contributed by atoms with E-state index in [9.17, 15) is 13.2 Å². The third kappa shape index (κ3) is 4.66. The molecule has 0 aliphatic heterocycles. The van der Waals surface area contributed by atoms with Gasteiger partial charge in [0.15, 0.2) is 0 Å². The lowest BCUT2D eigenvalue weighted by molar-refractivity contribution is 0.0951. The number of benzene rings is 2. The monoisotopic (exact) mass is 530 g/mol. The largest absolute Gasteiger partial charge is 0.445 e. The fourth-order valence-corrected chi connectivity index (χ4v) is 6.15. The van der Waals surface area contributed by atoms with Crippen molar-refractivity contribution < 1.29 is 22.2 Å². The second-order valence-corrected chi connectivity index (χ2v) is 11.0. The molecule has 1 amide bonds. The average molecular weight is 531 g/mol. The van der Waals surface area contributed by atoms with Gasteiger partial charge in [-0.15, -0.1) is 0 Å². The molecule has 0 radical (unpaired) electrons. The van der Waals surface area contributed by atoms with Crippen LogP contribution < -0.4 is 10.0 Å². The number of rotatable bonds is 8. The van der Waals surface area contributed by atoms with Gasteiger partial charge in [0.25, 0.3) is 5.91 Å². The van der Waals surface area contributed by atoms with Crippen LogP contribution >= 0.6 is 0 Å². The van der Waals surface area contributed by atoms with Crippen LogP contribution in [0.15, 0.2) is 94.2 Å². The predicted octanol–water partition coefficient (Wildman–Crippen LogP) is 4.76. The number of oxazole rings is 1. The van der Waals surface area contributed by atoms with E-state index in [1.165, 1.54) is 12.5 Å². The Morgan fingerprint density at radius 2 is 1.74 bits per heavy atom. The van der Waals surface area contributed by atoms with Gasteiger partial charge in [0.1, 0.15) is 11.0 Å². The molecule has 0 bridgehead atoms. The highest BCUT2D eigenvalue weighted by Crippen LogP contribution is 2.45. The van der Waals surface area contributed by atoms with Gasteiger partial charge in [-0.25, -0.2) is 18.1 Å². The third-order valence-electron chi connectivity index (χ3n) is 6.68. The van der Waals surface area contributed by atoms with E-state index in [-0.39, 0.29) is 18.8 Å². The van der Waals surface area contributed by atoms with Gasteiger partial charge in [0, 0.05) is 29.7 Å². The summed E-state index contributed by atoms with van der Waals surface area (Å²) in [6, 6.07) is 17.8. The molecule has 4 aromatic rings. The van der Waals surface area contributed by atoms with E-state index in [1.807, 2.05) is 30.3 Å². The van der Waals surface area contributed by atoms with Crippen molar-refractivity contribution in [1.29, 1.82) is 0 Å². The van der Waals surface area contributed by atoms with Crippen molar-refractivity contribution in [3.63, 3.8) is 0 Å². The molecule has 194 valence electrons. The molecule has 0 saturated carbocycles. The van der Waals surface area contributed by atoms with E-state index < -0.39 is 20.7 Å². The van der Waals surface area contributed by atoms with E-state index in [0.29, 0.717) is 39.4 Å². The fraction of sp³-hybridized carbons (Fsp3) is 0.179. The highest BCUT2D eigenvalue weighted by molar-refractivity contribution is 7.94. The molecule has 2 heterocycles. The van der Waals surface area contributed by atoms with Crippen LogP contribution in [0.4, 0.5) is 5.88 Å². The summed E-state index contributed by atoms with van der Waals surface area (Å²) in [6.07, 6.45) is 6.44. The Kier molecular flexibility index (Phi) is 6.73. The molecule has 9 nitrogen and oxygen atoms in total. The van der Waals surface area contributed by atoms with Gasteiger partial charge in [-0.1, -0.05) is 65.8 Å². The predicted molar refractivity (Wildman–Crippen MR) is 144 cm³/mol. The molecule has 1 aliphatic rings. The molecule has 2 aromatic heterocycles. The molecular weight excluding hydrogens is 504 g/mol. The van der Waals surface area contributed by atoms with Crippen molar-refractivity contribution in [1.82, 2.24) is 15.5 Å². The summed E-state index contributed by atoms with van der Waals surface area (Å²) < 4.78 is 40.6. The molecule has 1 atom stereocenters. The Morgan fingerprint density at radius 1 is 1.03 bits per heavy atom. The Hall–Kier alpha value is -4.44. The number of hydrogen-bond acceptors (Lipinski definition) is 7. The summed E-state index contributed by atoms with van der Waals surface area (Å²) in [5.41, 5.74) is 3.32. The van der Waals surface area contributed by atoms with Crippen molar-refractivity contribution in [3.05, 3.63) is 114 Å². The molecule has 5 rings (SSSR count). The first kappa shape index (κ1) is 25.2. The Morgan fingerprint density at radius 3 is 2.37 bits per heavy atom. The summed E-state index contributed by atoms with van der Waals surface area (Å²) in [5.74, 6) is -0.0728. The van der Waals surface area contributed by atoms with Gasteiger partial charge >= 0.3 is 0 Å². The number of allylic oxidation sites excluding steroid dienone is 3. The van der Waals surface area contributed by atoms with Crippen LogP contribution in [0.2, 0.25) is 0 Å². The standard InChI is InChI=1S/C28H26N4O5S/c1-19-20(2)31-37-26(19)32-38(34,35)28(18-30-25(33)22-11-7-4-8-12-22)17-23(27-29-15-16-36-27)13-14-24(28)21-9-5-3-6-10-21/h3-16,32H,17-18H2,1-2H3,(H,30,33). The quantitative estimate of drug-likeness (QED) is 0.336. The number of aromatic nitrogens is 2. The van der Waals surface area contributed by atoms with Crippen LogP contribution in [0.3, 0.4) is 0 Å². The van der Waals surface area contributed by atoms with Gasteiger partial charge in [0.05, 0.1) is 11.9 Å². The number of nitrogens with one attached hydrogen (secondary N) is 2. The van der Waals surface area contributed by atoms with Crippen molar-refractivity contribution in [2.75, 3.05) is 11.3 Å². The normalized spacial score (nSPS) is 17.4. The number of carbonyl (C=O) groups is 1. The maximum Gasteiger partial charge on any atom is 0.251 e. The maximum absolute atomic E-state index is 14.4. The van der Waals surface area contributed by atoms with Crippen LogP contribution in [0.1, 0.15) is 39.5 Å². The van der Waals surface area contributed by atoms with Gasteiger partial charge in [-0.05, 0) is 37.1 Å². The zero-order valence-corrected chi connectivity index (χ0v) is 21.7. The summed E-state index contributed by atoms with van der Waals surface area (Å²) in [6.45, 7) is 3.22. The molecule has 2 N–H and O–H groups in total. The summed E-state index contributed by atoms with van der Waals surface area (Å²) in [5, 5.41) is 6.76. The van der Waals surface area contributed by atoms with Crippen molar-refractivity contribution >= 4 is 33.0 Å². The zero-order valence-electron chi connectivity index (χ0n) is 20.8. The zero-order chi connectivity index (χ0) is 26.8. The fourth-order valence-electron chi connectivity index (χ4n) is 4.44. The number of anilines is 1. The Bertz CT molecular complexity index is 1610. The SMILES string of the molecule is Cc1noc(NS(=O)(=O)C2(CNC(=O)c3ccccc3)CC(c3ncco3)=CC=C2c2ccccc2)c1C. The first-order valence-electron chi connectivity index (χ1n) is 12.0. The van der Waals surface area contributed by atoms with E-state index in [4.69, 9.17) is 8.94 Å². The summed E-state index contributed by atoms with van der Waals surface area (Å²) >= 11 is 0. The van der Waals surface area contributed by atoms with Crippen LogP contribution in [0.5, 0.6) is 0 Å². The average Bonchev–Trinajstić information content (AvgIpc) is 3.59. The third-order valence-corrected chi connectivity index (χ3v) is 8.67. The van der Waals surface area contributed by atoms with Crippen LogP contribution in [0, 0.1) is 13.8 Å². The highest BCUT2D eigenvalue weighted by atomic mass is 32.2. The highest BCUT2D eigenvalue weighted by Gasteiger charge is 2.51. The lowest BCUT2D eigenvalue weighted by Crippen LogP contribution is -2.53. The van der Waals surface area contributed by atoms with Gasteiger partial charge in [-0.2, -0.15) is 0 Å². The molecule has 10 heteroatoms.